The fraction of sp³-hybridized carbons (Fsp3) is 0.108. The number of amides is 2. The van der Waals surface area contributed by atoms with Crippen molar-refractivity contribution in [1.29, 1.82) is 0 Å². The van der Waals surface area contributed by atoms with Gasteiger partial charge in [-0.25, -0.2) is 0 Å². The van der Waals surface area contributed by atoms with E-state index in [1.165, 1.54) is 5.56 Å². The van der Waals surface area contributed by atoms with Crippen molar-refractivity contribution in [2.45, 2.75) is 25.9 Å². The van der Waals surface area contributed by atoms with E-state index in [4.69, 9.17) is 11.6 Å². The summed E-state index contributed by atoms with van der Waals surface area (Å²) in [5.41, 5.74) is 6.54. The molecule has 0 fully saturated rings. The summed E-state index contributed by atoms with van der Waals surface area (Å²) in [6.07, 6.45) is 5.92. The number of pyridine rings is 2. The summed E-state index contributed by atoms with van der Waals surface area (Å²) in [5, 5.41) is 10.4. The van der Waals surface area contributed by atoms with Crippen molar-refractivity contribution in [3.8, 4) is 17.0 Å². The number of carbonyl (C=O) groups excluding carboxylic acids is 2. The van der Waals surface area contributed by atoms with Crippen LogP contribution in [0.3, 0.4) is 0 Å². The number of hydrogen-bond acceptors (Lipinski definition) is 4. The van der Waals surface area contributed by atoms with Crippen LogP contribution in [0.25, 0.3) is 16.8 Å². The highest BCUT2D eigenvalue weighted by atomic mass is 35.5. The van der Waals surface area contributed by atoms with Crippen LogP contribution in [0.2, 0.25) is 5.02 Å². The van der Waals surface area contributed by atoms with E-state index in [0.717, 1.165) is 12.0 Å². The molecule has 1 aliphatic rings. The number of nitrogens with zero attached hydrogens (tertiary/aromatic N) is 4. The zero-order chi connectivity index (χ0) is 31.1. The summed E-state index contributed by atoms with van der Waals surface area (Å²) in [4.78, 5) is 36.4. The van der Waals surface area contributed by atoms with Crippen LogP contribution in [0, 0.1) is 0 Å². The van der Waals surface area contributed by atoms with Crippen molar-refractivity contribution in [2.24, 2.45) is 0 Å². The Kier molecular flexibility index (Phi) is 8.54. The van der Waals surface area contributed by atoms with Crippen LogP contribution in [-0.2, 0) is 13.0 Å². The van der Waals surface area contributed by atoms with Crippen molar-refractivity contribution < 1.29 is 14.7 Å². The summed E-state index contributed by atoms with van der Waals surface area (Å²) in [5.74, 6) is -0.273. The average molecular weight is 650 g/mol. The Morgan fingerprint density at radius 1 is 0.848 bits per heavy atom. The Labute approximate surface area is 277 Å². The number of fused-ring (bicyclic) bond motifs is 2. The zero-order valence-electron chi connectivity index (χ0n) is 24.9. The van der Waals surface area contributed by atoms with E-state index >= 15 is 0 Å². The first-order valence-electron chi connectivity index (χ1n) is 14.7. The molecule has 1 N–H and O–H groups in total. The molecule has 3 aromatic heterocycles. The lowest BCUT2D eigenvalue weighted by molar-refractivity contribution is 0.0659. The molecule has 6 aromatic rings. The number of aromatic nitrogens is 2. The lowest BCUT2D eigenvalue weighted by Gasteiger charge is -2.35. The normalized spacial score (nSPS) is 14.0. The Balaban J connectivity index is 0.00000372. The summed E-state index contributed by atoms with van der Waals surface area (Å²) >= 11 is 6.56. The molecular weight excluding hydrogens is 619 g/mol. The number of aromatic hydroxyl groups is 1. The summed E-state index contributed by atoms with van der Waals surface area (Å²) in [7, 11) is 0. The van der Waals surface area contributed by atoms with Crippen molar-refractivity contribution in [3.05, 3.63) is 149 Å². The standard InChI is InChI=1S/C37H29ClN4O3.ClH/c1-24-20-25-6-2-3-7-26(25)23-41(24)36(44)31-14-9-27(38)21-32(31)35-22-33(34-8-4-5-19-40(34)35)37(45)42(29-15-17-39-18-16-29)28-10-12-30(43)13-11-28;/h2-19,21-22,24,43H,20,23H2,1H3;1H/t24-;/m1./s1. The van der Waals surface area contributed by atoms with Gasteiger partial charge in [-0.2, -0.15) is 0 Å². The second-order valence-corrected chi connectivity index (χ2v) is 11.6. The van der Waals surface area contributed by atoms with E-state index in [-0.39, 0.29) is 36.0 Å². The molecule has 0 bridgehead atoms. The lowest BCUT2D eigenvalue weighted by Crippen LogP contribution is -2.42. The lowest BCUT2D eigenvalue weighted by atomic mass is 9.93. The summed E-state index contributed by atoms with van der Waals surface area (Å²) in [6.45, 7) is 2.59. The Hall–Kier alpha value is -5.11. The number of phenols is 1. The third-order valence-electron chi connectivity index (χ3n) is 8.39. The molecule has 0 aliphatic carbocycles. The third kappa shape index (κ3) is 5.60. The zero-order valence-corrected chi connectivity index (χ0v) is 26.4. The van der Waals surface area contributed by atoms with Crippen LogP contribution in [-0.4, -0.2) is 37.2 Å². The molecule has 1 aliphatic heterocycles. The van der Waals surface area contributed by atoms with Gasteiger partial charge in [0.2, 0.25) is 0 Å². The van der Waals surface area contributed by atoms with Crippen LogP contribution in [0.15, 0.2) is 122 Å². The van der Waals surface area contributed by atoms with Gasteiger partial charge in [-0.1, -0.05) is 41.9 Å². The van der Waals surface area contributed by atoms with Gasteiger partial charge in [-0.3, -0.25) is 19.5 Å². The number of rotatable bonds is 5. The van der Waals surface area contributed by atoms with Crippen LogP contribution in [0.4, 0.5) is 11.4 Å². The molecule has 2 amide bonds. The molecule has 7 nitrogen and oxygen atoms in total. The summed E-state index contributed by atoms with van der Waals surface area (Å²) in [6, 6.07) is 31.0. The van der Waals surface area contributed by atoms with E-state index in [1.54, 1.807) is 71.9 Å². The van der Waals surface area contributed by atoms with E-state index in [9.17, 15) is 14.7 Å². The van der Waals surface area contributed by atoms with Crippen LogP contribution in [0.1, 0.15) is 38.8 Å². The van der Waals surface area contributed by atoms with Gasteiger partial charge in [0.05, 0.1) is 22.5 Å². The Morgan fingerprint density at radius 2 is 1.54 bits per heavy atom. The van der Waals surface area contributed by atoms with Gasteiger partial charge in [-0.15, -0.1) is 12.4 Å². The van der Waals surface area contributed by atoms with Gasteiger partial charge in [0.15, 0.2) is 0 Å². The second kappa shape index (κ2) is 12.7. The first-order valence-corrected chi connectivity index (χ1v) is 15.1. The van der Waals surface area contributed by atoms with Crippen LogP contribution in [0.5, 0.6) is 5.75 Å². The Morgan fingerprint density at radius 3 is 2.30 bits per heavy atom. The first-order chi connectivity index (χ1) is 21.9. The van der Waals surface area contributed by atoms with Crippen molar-refractivity contribution in [3.63, 3.8) is 0 Å². The number of carbonyl (C=O) groups is 2. The summed E-state index contributed by atoms with van der Waals surface area (Å²) < 4.78 is 1.92. The molecule has 230 valence electrons. The predicted octanol–water partition coefficient (Wildman–Crippen LogP) is 8.35. The third-order valence-corrected chi connectivity index (χ3v) is 8.63. The van der Waals surface area contributed by atoms with Crippen molar-refractivity contribution in [1.82, 2.24) is 14.3 Å². The molecule has 9 heteroatoms. The van der Waals surface area contributed by atoms with E-state index < -0.39 is 0 Å². The maximum absolute atomic E-state index is 14.5. The predicted molar refractivity (Wildman–Crippen MR) is 183 cm³/mol. The fourth-order valence-corrected chi connectivity index (χ4v) is 6.32. The minimum Gasteiger partial charge on any atom is -0.508 e. The van der Waals surface area contributed by atoms with Crippen molar-refractivity contribution in [2.75, 3.05) is 4.90 Å². The molecule has 0 saturated carbocycles. The van der Waals surface area contributed by atoms with E-state index in [1.807, 2.05) is 51.9 Å². The number of benzene rings is 3. The van der Waals surface area contributed by atoms with Gasteiger partial charge in [-0.05, 0) is 97.3 Å². The highest BCUT2D eigenvalue weighted by Crippen LogP contribution is 2.36. The molecule has 0 saturated heterocycles. The number of halogens is 2. The Bertz CT molecular complexity index is 2060. The number of anilines is 2. The van der Waals surface area contributed by atoms with Crippen LogP contribution < -0.4 is 4.90 Å². The largest absolute Gasteiger partial charge is 0.508 e. The number of phenolic OH excluding ortho intramolecular Hbond substituents is 1. The topological polar surface area (TPSA) is 78.2 Å². The second-order valence-electron chi connectivity index (χ2n) is 11.2. The fourth-order valence-electron chi connectivity index (χ4n) is 6.15. The molecule has 4 heterocycles. The quantitative estimate of drug-likeness (QED) is 0.204. The van der Waals surface area contributed by atoms with Gasteiger partial charge < -0.3 is 14.4 Å². The van der Waals surface area contributed by atoms with Gasteiger partial charge in [0.25, 0.3) is 11.8 Å². The highest BCUT2D eigenvalue weighted by molar-refractivity contribution is 6.31. The average Bonchev–Trinajstić information content (AvgIpc) is 3.45. The molecule has 46 heavy (non-hydrogen) atoms. The van der Waals surface area contributed by atoms with Gasteiger partial charge in [0, 0.05) is 53.0 Å². The maximum atomic E-state index is 14.5. The molecule has 0 spiro atoms. The molecule has 1 atom stereocenters. The smallest absolute Gasteiger partial charge is 0.265 e. The monoisotopic (exact) mass is 648 g/mol. The molecule has 0 radical (unpaired) electrons. The number of hydrogen-bond donors (Lipinski definition) is 1. The first kappa shape index (κ1) is 30.9. The van der Waals surface area contributed by atoms with Gasteiger partial charge in [0.1, 0.15) is 5.75 Å². The highest BCUT2D eigenvalue weighted by Gasteiger charge is 2.31. The van der Waals surface area contributed by atoms with Gasteiger partial charge >= 0.3 is 0 Å². The van der Waals surface area contributed by atoms with Crippen molar-refractivity contribution >= 4 is 52.7 Å². The minimum absolute atomic E-state index is 0. The molecule has 0 unspecified atom stereocenters. The molecule has 7 rings (SSSR count). The van der Waals surface area contributed by atoms with E-state index in [0.29, 0.717) is 50.8 Å². The molecule has 3 aromatic carbocycles. The maximum Gasteiger partial charge on any atom is 0.265 e. The van der Waals surface area contributed by atoms with E-state index in [2.05, 4.69) is 24.0 Å². The minimum atomic E-state index is -0.280. The van der Waals surface area contributed by atoms with Crippen LogP contribution >= 0.6 is 24.0 Å². The molecular formula is C37H30Cl2N4O3. The SMILES string of the molecule is C[C@@H]1Cc2ccccc2CN1C(=O)c1ccc(Cl)cc1-c1cc(C(=O)N(c2ccncc2)c2ccc(O)cc2)c2ccccn12.Cl.